The Labute approximate surface area is 109 Å². The van der Waals surface area contributed by atoms with Gasteiger partial charge < -0.3 is 5.11 Å². The molecule has 0 heterocycles. The first-order valence-corrected chi connectivity index (χ1v) is 5.86. The van der Waals surface area contributed by atoms with E-state index in [4.69, 9.17) is 0 Å². The fourth-order valence-electron chi connectivity index (χ4n) is 2.04. The topological polar surface area (TPSA) is 20.2 Å². The van der Waals surface area contributed by atoms with Crippen molar-refractivity contribution in [3.8, 4) is 0 Å². The molecule has 2 aromatic carbocycles. The quantitative estimate of drug-likeness (QED) is 0.898. The summed E-state index contributed by atoms with van der Waals surface area (Å²) in [5.74, 6) is -1.80. The number of rotatable bonds is 3. The van der Waals surface area contributed by atoms with Crippen molar-refractivity contribution in [1.29, 1.82) is 0 Å². The lowest BCUT2D eigenvalue weighted by Crippen LogP contribution is -2.07. The van der Waals surface area contributed by atoms with Crippen LogP contribution in [0.5, 0.6) is 0 Å². The van der Waals surface area contributed by atoms with Gasteiger partial charge in [0.1, 0.15) is 17.5 Å². The van der Waals surface area contributed by atoms with Crippen LogP contribution in [0.3, 0.4) is 0 Å². The maximum atomic E-state index is 13.5. The largest absolute Gasteiger partial charge is 0.388 e. The molecule has 19 heavy (non-hydrogen) atoms. The highest BCUT2D eigenvalue weighted by Gasteiger charge is 2.17. The zero-order valence-electron chi connectivity index (χ0n) is 10.3. The lowest BCUT2D eigenvalue weighted by Gasteiger charge is -2.14. The highest BCUT2D eigenvalue weighted by atomic mass is 19.1. The van der Waals surface area contributed by atoms with Gasteiger partial charge in [-0.25, -0.2) is 13.2 Å². The Hall–Kier alpha value is -1.81. The molecule has 0 aliphatic heterocycles. The molecule has 1 unspecified atom stereocenters. The molecule has 0 spiro atoms. The maximum absolute atomic E-state index is 13.5. The zero-order chi connectivity index (χ0) is 14.0. The van der Waals surface area contributed by atoms with Crippen LogP contribution in [-0.2, 0) is 6.42 Å². The summed E-state index contributed by atoms with van der Waals surface area (Å²) in [5, 5.41) is 10.0. The second kappa shape index (κ2) is 5.45. The van der Waals surface area contributed by atoms with Gasteiger partial charge in [0.15, 0.2) is 0 Å². The fourth-order valence-corrected chi connectivity index (χ4v) is 2.04. The van der Waals surface area contributed by atoms with Gasteiger partial charge in [0.05, 0.1) is 6.10 Å². The monoisotopic (exact) mass is 266 g/mol. The molecule has 1 nitrogen and oxygen atoms in total. The molecule has 1 atom stereocenters. The molecule has 0 saturated heterocycles. The van der Waals surface area contributed by atoms with Crippen molar-refractivity contribution in [3.05, 3.63) is 70.5 Å². The van der Waals surface area contributed by atoms with E-state index in [-0.39, 0.29) is 12.0 Å². The molecular formula is C15H13F3O. The third-order valence-corrected chi connectivity index (χ3v) is 3.05. The lowest BCUT2D eigenvalue weighted by molar-refractivity contribution is 0.175. The SMILES string of the molecule is Cc1cc(F)ccc1C(O)Cc1c(F)cccc1F. The third-order valence-electron chi connectivity index (χ3n) is 3.05. The van der Waals surface area contributed by atoms with Gasteiger partial charge >= 0.3 is 0 Å². The standard InChI is InChI=1S/C15H13F3O/c1-9-7-10(16)5-6-11(9)15(19)8-12-13(17)3-2-4-14(12)18/h2-7,15,19H,8H2,1H3. The second-order valence-corrected chi connectivity index (χ2v) is 4.42. The lowest BCUT2D eigenvalue weighted by atomic mass is 9.97. The Bertz CT molecular complexity index is 576. The van der Waals surface area contributed by atoms with Crippen LogP contribution >= 0.6 is 0 Å². The second-order valence-electron chi connectivity index (χ2n) is 4.42. The van der Waals surface area contributed by atoms with Gasteiger partial charge in [-0.15, -0.1) is 0 Å². The Morgan fingerprint density at radius 2 is 1.68 bits per heavy atom. The maximum Gasteiger partial charge on any atom is 0.129 e. The number of aryl methyl sites for hydroxylation is 1. The van der Waals surface area contributed by atoms with E-state index in [1.807, 2.05) is 0 Å². The van der Waals surface area contributed by atoms with Crippen LogP contribution in [-0.4, -0.2) is 5.11 Å². The average molecular weight is 266 g/mol. The van der Waals surface area contributed by atoms with Crippen molar-refractivity contribution >= 4 is 0 Å². The Balaban J connectivity index is 2.28. The Kier molecular flexibility index (Phi) is 3.90. The summed E-state index contributed by atoms with van der Waals surface area (Å²) < 4.78 is 39.9. The number of aliphatic hydroxyl groups is 1. The first-order chi connectivity index (χ1) is 8.99. The van der Waals surface area contributed by atoms with E-state index < -0.39 is 23.6 Å². The number of hydrogen-bond donors (Lipinski definition) is 1. The molecule has 0 aliphatic carbocycles. The normalized spacial score (nSPS) is 12.5. The van der Waals surface area contributed by atoms with Crippen LogP contribution in [0.4, 0.5) is 13.2 Å². The minimum Gasteiger partial charge on any atom is -0.388 e. The molecule has 2 aromatic rings. The summed E-state index contributed by atoms with van der Waals surface area (Å²) in [5.41, 5.74) is 0.840. The van der Waals surface area contributed by atoms with E-state index in [2.05, 4.69) is 0 Å². The fraction of sp³-hybridized carbons (Fsp3) is 0.200. The van der Waals surface area contributed by atoms with Gasteiger partial charge in [-0.05, 0) is 42.3 Å². The van der Waals surface area contributed by atoms with Crippen LogP contribution in [0.2, 0.25) is 0 Å². The molecule has 0 bridgehead atoms. The summed E-state index contributed by atoms with van der Waals surface area (Å²) in [6.07, 6.45) is -1.27. The van der Waals surface area contributed by atoms with Crippen LogP contribution in [0.25, 0.3) is 0 Å². The van der Waals surface area contributed by atoms with Crippen LogP contribution < -0.4 is 0 Å². The van der Waals surface area contributed by atoms with E-state index in [0.29, 0.717) is 11.1 Å². The van der Waals surface area contributed by atoms with E-state index in [1.54, 1.807) is 6.92 Å². The molecule has 0 amide bonds. The summed E-state index contributed by atoms with van der Waals surface area (Å²) in [7, 11) is 0. The third kappa shape index (κ3) is 2.96. The van der Waals surface area contributed by atoms with Crippen molar-refractivity contribution in [3.63, 3.8) is 0 Å². The molecule has 2 rings (SSSR count). The van der Waals surface area contributed by atoms with Crippen LogP contribution in [0.1, 0.15) is 22.8 Å². The molecule has 100 valence electrons. The molecule has 0 fully saturated rings. The van der Waals surface area contributed by atoms with Gasteiger partial charge in [-0.2, -0.15) is 0 Å². The number of benzene rings is 2. The van der Waals surface area contributed by atoms with Crippen molar-refractivity contribution in [1.82, 2.24) is 0 Å². The van der Waals surface area contributed by atoms with E-state index in [1.165, 1.54) is 24.3 Å². The smallest absolute Gasteiger partial charge is 0.129 e. The van der Waals surface area contributed by atoms with E-state index in [0.717, 1.165) is 12.1 Å². The highest BCUT2D eigenvalue weighted by molar-refractivity contribution is 5.30. The molecule has 0 radical (unpaired) electrons. The Morgan fingerprint density at radius 1 is 1.05 bits per heavy atom. The highest BCUT2D eigenvalue weighted by Crippen LogP contribution is 2.24. The van der Waals surface area contributed by atoms with E-state index >= 15 is 0 Å². The van der Waals surface area contributed by atoms with Gasteiger partial charge in [0.2, 0.25) is 0 Å². The summed E-state index contributed by atoms with van der Waals surface area (Å²) >= 11 is 0. The van der Waals surface area contributed by atoms with Gasteiger partial charge in [-0.3, -0.25) is 0 Å². The molecule has 0 saturated carbocycles. The van der Waals surface area contributed by atoms with Crippen molar-refractivity contribution in [2.45, 2.75) is 19.4 Å². The first kappa shape index (κ1) is 13.6. The van der Waals surface area contributed by atoms with Crippen LogP contribution in [0.15, 0.2) is 36.4 Å². The summed E-state index contributed by atoms with van der Waals surface area (Å²) in [6, 6.07) is 7.46. The minimum absolute atomic E-state index is 0.168. The van der Waals surface area contributed by atoms with E-state index in [9.17, 15) is 18.3 Å². The minimum atomic E-state index is -1.08. The van der Waals surface area contributed by atoms with Crippen molar-refractivity contribution < 1.29 is 18.3 Å². The first-order valence-electron chi connectivity index (χ1n) is 5.86. The predicted octanol–water partition coefficient (Wildman–Crippen LogP) is 3.69. The predicted molar refractivity (Wildman–Crippen MR) is 66.2 cm³/mol. The summed E-state index contributed by atoms with van der Waals surface area (Å²) in [4.78, 5) is 0. The van der Waals surface area contributed by atoms with Crippen molar-refractivity contribution in [2.24, 2.45) is 0 Å². The molecule has 0 aromatic heterocycles. The molecule has 0 aliphatic rings. The van der Waals surface area contributed by atoms with Crippen molar-refractivity contribution in [2.75, 3.05) is 0 Å². The summed E-state index contributed by atoms with van der Waals surface area (Å²) in [6.45, 7) is 1.64. The Morgan fingerprint density at radius 3 is 2.26 bits per heavy atom. The zero-order valence-corrected chi connectivity index (χ0v) is 10.3. The molecule has 4 heteroatoms. The van der Waals surface area contributed by atoms with Gasteiger partial charge in [0, 0.05) is 12.0 Å². The number of halogens is 3. The van der Waals surface area contributed by atoms with Gasteiger partial charge in [-0.1, -0.05) is 12.1 Å². The number of aliphatic hydroxyl groups excluding tert-OH is 1. The van der Waals surface area contributed by atoms with Gasteiger partial charge in [0.25, 0.3) is 0 Å². The van der Waals surface area contributed by atoms with Crippen LogP contribution in [0, 0.1) is 24.4 Å². The molecular weight excluding hydrogens is 253 g/mol. The average Bonchev–Trinajstić information content (AvgIpc) is 2.33. The molecule has 1 N–H and O–H groups in total. The number of hydrogen-bond acceptors (Lipinski definition) is 1.